The highest BCUT2D eigenvalue weighted by atomic mass is 14.3. The van der Waals surface area contributed by atoms with Crippen molar-refractivity contribution in [2.45, 2.75) is 40.5 Å². The molecular formula is C14H21N. The third-order valence-corrected chi connectivity index (χ3v) is 2.63. The van der Waals surface area contributed by atoms with E-state index in [1.807, 2.05) is 26.8 Å². The van der Waals surface area contributed by atoms with Gasteiger partial charge in [0.2, 0.25) is 0 Å². The number of hydrogen-bond acceptors (Lipinski definition) is 1. The molecule has 0 fully saturated rings. The minimum absolute atomic E-state index is 0.291. The third kappa shape index (κ3) is 5.22. The smallest absolute Gasteiger partial charge is 0.0693 e. The Bertz CT molecular complexity index is 315. The molecule has 0 aromatic rings. The first-order valence-corrected chi connectivity index (χ1v) is 5.29. The Kier molecular flexibility index (Phi) is 5.70. The molecule has 0 saturated heterocycles. The van der Waals surface area contributed by atoms with Gasteiger partial charge >= 0.3 is 0 Å². The van der Waals surface area contributed by atoms with Crippen molar-refractivity contribution in [3.63, 3.8) is 0 Å². The first-order chi connectivity index (χ1) is 6.97. The summed E-state index contributed by atoms with van der Waals surface area (Å²) in [6.07, 6.45) is 7.59. The van der Waals surface area contributed by atoms with Crippen LogP contribution in [0.2, 0.25) is 0 Å². The van der Waals surface area contributed by atoms with Crippen LogP contribution in [0.4, 0.5) is 0 Å². The zero-order chi connectivity index (χ0) is 11.9. The van der Waals surface area contributed by atoms with Crippen LogP contribution in [-0.4, -0.2) is 0 Å². The van der Waals surface area contributed by atoms with Crippen LogP contribution in [0.5, 0.6) is 0 Å². The van der Waals surface area contributed by atoms with Gasteiger partial charge in [-0.05, 0) is 40.5 Å². The molecule has 1 nitrogen and oxygen atoms in total. The van der Waals surface area contributed by atoms with Crippen molar-refractivity contribution in [3.8, 4) is 6.07 Å². The van der Waals surface area contributed by atoms with Crippen LogP contribution in [0.25, 0.3) is 0 Å². The first kappa shape index (κ1) is 13.7. The topological polar surface area (TPSA) is 23.8 Å². The summed E-state index contributed by atoms with van der Waals surface area (Å²) < 4.78 is 0. The van der Waals surface area contributed by atoms with Crippen LogP contribution < -0.4 is 0 Å². The molecule has 15 heavy (non-hydrogen) atoms. The summed E-state index contributed by atoms with van der Waals surface area (Å²) in [6, 6.07) is 2.40. The molecule has 1 atom stereocenters. The van der Waals surface area contributed by atoms with Crippen LogP contribution in [-0.2, 0) is 0 Å². The van der Waals surface area contributed by atoms with Crippen LogP contribution in [0.3, 0.4) is 0 Å². The number of hydrogen-bond donors (Lipinski definition) is 0. The fourth-order valence-corrected chi connectivity index (χ4v) is 1.34. The molecule has 0 heterocycles. The van der Waals surface area contributed by atoms with Gasteiger partial charge in [0, 0.05) is 0 Å². The second kappa shape index (κ2) is 6.24. The number of nitrogens with zero attached hydrogens (tertiary/aromatic N) is 1. The molecule has 1 unspecified atom stereocenters. The second-order valence-corrected chi connectivity index (χ2v) is 4.34. The third-order valence-electron chi connectivity index (χ3n) is 2.63. The molecule has 0 aliphatic rings. The molecule has 1 heteroatoms. The van der Waals surface area contributed by atoms with Crippen molar-refractivity contribution in [2.24, 2.45) is 5.41 Å². The van der Waals surface area contributed by atoms with Gasteiger partial charge in [-0.25, -0.2) is 0 Å². The maximum absolute atomic E-state index is 9.18. The fourth-order valence-electron chi connectivity index (χ4n) is 1.34. The van der Waals surface area contributed by atoms with E-state index in [1.54, 1.807) is 0 Å². The van der Waals surface area contributed by atoms with Gasteiger partial charge in [-0.2, -0.15) is 5.26 Å². The van der Waals surface area contributed by atoms with Crippen molar-refractivity contribution in [1.82, 2.24) is 0 Å². The van der Waals surface area contributed by atoms with Gasteiger partial charge in [-0.1, -0.05) is 36.0 Å². The molecule has 0 aliphatic heterocycles. The predicted molar refractivity (Wildman–Crippen MR) is 66.3 cm³/mol. The molecular weight excluding hydrogens is 182 g/mol. The van der Waals surface area contributed by atoms with E-state index in [-0.39, 0.29) is 5.41 Å². The van der Waals surface area contributed by atoms with E-state index in [9.17, 15) is 5.26 Å². The molecule has 0 N–H and O–H groups in total. The standard InChI is InChI=1S/C14H21N/c1-6-12(3)8-9-14(5,11-15)10-13(4)7-2/h6-8H,1,9-10H2,2-5H3. The van der Waals surface area contributed by atoms with Crippen molar-refractivity contribution in [1.29, 1.82) is 5.26 Å². The van der Waals surface area contributed by atoms with Gasteiger partial charge in [-0.3, -0.25) is 0 Å². The average Bonchev–Trinajstić information content (AvgIpc) is 2.25. The molecule has 0 aliphatic carbocycles. The second-order valence-electron chi connectivity index (χ2n) is 4.34. The van der Waals surface area contributed by atoms with Crippen LogP contribution in [0.15, 0.2) is 36.0 Å². The zero-order valence-electron chi connectivity index (χ0n) is 10.3. The summed E-state index contributed by atoms with van der Waals surface area (Å²) in [7, 11) is 0. The minimum atomic E-state index is -0.291. The normalized spacial score (nSPS) is 16.7. The van der Waals surface area contributed by atoms with Gasteiger partial charge in [0.05, 0.1) is 11.5 Å². The van der Waals surface area contributed by atoms with E-state index >= 15 is 0 Å². The summed E-state index contributed by atoms with van der Waals surface area (Å²) in [5, 5.41) is 9.18. The molecule has 0 rings (SSSR count). The van der Waals surface area contributed by atoms with Gasteiger partial charge < -0.3 is 0 Å². The average molecular weight is 203 g/mol. The number of allylic oxidation sites excluding steroid dienone is 5. The molecule has 0 spiro atoms. The van der Waals surface area contributed by atoms with Crippen LogP contribution >= 0.6 is 0 Å². The maximum atomic E-state index is 9.18. The quantitative estimate of drug-likeness (QED) is 0.480. The lowest BCUT2D eigenvalue weighted by Crippen LogP contribution is -2.13. The molecule has 0 amide bonds. The minimum Gasteiger partial charge on any atom is -0.198 e. The van der Waals surface area contributed by atoms with E-state index in [2.05, 4.69) is 31.7 Å². The first-order valence-electron chi connectivity index (χ1n) is 5.29. The van der Waals surface area contributed by atoms with Crippen molar-refractivity contribution < 1.29 is 0 Å². The highest BCUT2D eigenvalue weighted by Gasteiger charge is 2.22. The Hall–Kier alpha value is -1.29. The lowest BCUT2D eigenvalue weighted by atomic mass is 9.81. The van der Waals surface area contributed by atoms with Gasteiger partial charge in [0.1, 0.15) is 0 Å². The van der Waals surface area contributed by atoms with Crippen molar-refractivity contribution in [3.05, 3.63) is 36.0 Å². The largest absolute Gasteiger partial charge is 0.198 e. The molecule has 82 valence electrons. The van der Waals surface area contributed by atoms with E-state index < -0.39 is 0 Å². The van der Waals surface area contributed by atoms with E-state index in [1.165, 1.54) is 5.57 Å². The molecule has 0 bridgehead atoms. The fraction of sp³-hybridized carbons (Fsp3) is 0.500. The summed E-state index contributed by atoms with van der Waals surface area (Å²) in [6.45, 7) is 11.8. The Morgan fingerprint density at radius 2 is 2.07 bits per heavy atom. The summed E-state index contributed by atoms with van der Waals surface area (Å²) in [5.41, 5.74) is 2.11. The van der Waals surface area contributed by atoms with Gasteiger partial charge in [0.15, 0.2) is 0 Å². The van der Waals surface area contributed by atoms with E-state index in [0.717, 1.165) is 18.4 Å². The van der Waals surface area contributed by atoms with Gasteiger partial charge in [-0.15, -0.1) is 0 Å². The van der Waals surface area contributed by atoms with E-state index in [0.29, 0.717) is 0 Å². The SMILES string of the molecule is C=CC(C)=CCC(C)(C#N)CC(C)=CC. The van der Waals surface area contributed by atoms with Crippen molar-refractivity contribution >= 4 is 0 Å². The summed E-state index contributed by atoms with van der Waals surface area (Å²) in [4.78, 5) is 0. The monoisotopic (exact) mass is 203 g/mol. The highest BCUT2D eigenvalue weighted by Crippen LogP contribution is 2.29. The molecule has 0 aromatic carbocycles. The Labute approximate surface area is 93.8 Å². The maximum Gasteiger partial charge on any atom is 0.0693 e. The van der Waals surface area contributed by atoms with Gasteiger partial charge in [0.25, 0.3) is 0 Å². The van der Waals surface area contributed by atoms with Crippen LogP contribution in [0, 0.1) is 16.7 Å². The van der Waals surface area contributed by atoms with E-state index in [4.69, 9.17) is 0 Å². The lowest BCUT2D eigenvalue weighted by Gasteiger charge is -2.20. The molecule has 0 aromatic heterocycles. The van der Waals surface area contributed by atoms with Crippen LogP contribution in [0.1, 0.15) is 40.5 Å². The Morgan fingerprint density at radius 3 is 2.47 bits per heavy atom. The molecule has 0 radical (unpaired) electrons. The lowest BCUT2D eigenvalue weighted by molar-refractivity contribution is 0.443. The summed E-state index contributed by atoms with van der Waals surface area (Å²) >= 11 is 0. The Balaban J connectivity index is 4.60. The number of nitriles is 1. The predicted octanol–water partition coefficient (Wildman–Crippen LogP) is 4.39. The zero-order valence-corrected chi connectivity index (χ0v) is 10.3. The highest BCUT2D eigenvalue weighted by molar-refractivity contribution is 5.17. The number of rotatable bonds is 5. The molecule has 0 saturated carbocycles. The van der Waals surface area contributed by atoms with Crippen molar-refractivity contribution in [2.75, 3.05) is 0 Å². The summed E-state index contributed by atoms with van der Waals surface area (Å²) in [5.74, 6) is 0. The Morgan fingerprint density at radius 1 is 1.47 bits per heavy atom.